The number of hydrogen-bond acceptors (Lipinski definition) is 2. The van der Waals surface area contributed by atoms with Crippen LogP contribution in [0.15, 0.2) is 30.3 Å². The van der Waals surface area contributed by atoms with Gasteiger partial charge in [0, 0.05) is 11.1 Å². The van der Waals surface area contributed by atoms with Gasteiger partial charge in [-0.15, -0.1) is 0 Å². The molecule has 2 aromatic rings. The first-order valence-corrected chi connectivity index (χ1v) is 7.28. The number of benzene rings is 2. The lowest BCUT2D eigenvalue weighted by molar-refractivity contribution is 0.436. The van der Waals surface area contributed by atoms with Crippen molar-refractivity contribution in [3.63, 3.8) is 0 Å². The van der Waals surface area contributed by atoms with Crippen LogP contribution in [0, 0.1) is 0 Å². The van der Waals surface area contributed by atoms with Crippen LogP contribution in [0.25, 0.3) is 11.1 Å². The van der Waals surface area contributed by atoms with Gasteiger partial charge >= 0.3 is 0 Å². The van der Waals surface area contributed by atoms with E-state index in [-0.39, 0.29) is 11.5 Å². The van der Waals surface area contributed by atoms with Crippen molar-refractivity contribution in [2.45, 2.75) is 40.0 Å². The maximum atomic E-state index is 10.4. The zero-order valence-electron chi connectivity index (χ0n) is 12.4. The first-order chi connectivity index (χ1) is 9.63. The molecule has 0 bridgehead atoms. The standard InChI is InChI=1S/C18H22O2/c1-4-12-9-7-8-10-15(12)16-11-17(19)14(6-3)18(20)13(16)5-2/h7-11,19-20H,4-6H2,1-3H3. The molecule has 0 unspecified atom stereocenters. The average molecular weight is 270 g/mol. The molecule has 2 aromatic carbocycles. The molecule has 0 amide bonds. The summed E-state index contributed by atoms with van der Waals surface area (Å²) in [7, 11) is 0. The van der Waals surface area contributed by atoms with Crippen LogP contribution in [0.2, 0.25) is 0 Å². The van der Waals surface area contributed by atoms with Crippen LogP contribution < -0.4 is 0 Å². The van der Waals surface area contributed by atoms with E-state index in [4.69, 9.17) is 0 Å². The Hall–Kier alpha value is -1.96. The van der Waals surface area contributed by atoms with Crippen LogP contribution in [0.4, 0.5) is 0 Å². The summed E-state index contributed by atoms with van der Waals surface area (Å²) >= 11 is 0. The van der Waals surface area contributed by atoms with Crippen LogP contribution in [0.5, 0.6) is 11.5 Å². The largest absolute Gasteiger partial charge is 0.508 e. The van der Waals surface area contributed by atoms with Crippen molar-refractivity contribution >= 4 is 0 Å². The first kappa shape index (κ1) is 14.4. The van der Waals surface area contributed by atoms with E-state index in [1.54, 1.807) is 6.07 Å². The molecular weight excluding hydrogens is 248 g/mol. The summed E-state index contributed by atoms with van der Waals surface area (Å²) in [5.74, 6) is 0.430. The predicted molar refractivity (Wildman–Crippen MR) is 83.3 cm³/mol. The van der Waals surface area contributed by atoms with E-state index in [1.807, 2.05) is 26.0 Å². The van der Waals surface area contributed by atoms with Gasteiger partial charge in [-0.3, -0.25) is 0 Å². The molecule has 0 aliphatic heterocycles. The summed E-state index contributed by atoms with van der Waals surface area (Å²) in [6.45, 7) is 6.09. The normalized spacial score (nSPS) is 10.8. The summed E-state index contributed by atoms with van der Waals surface area (Å²) in [6.07, 6.45) is 2.29. The van der Waals surface area contributed by atoms with Gasteiger partial charge in [0.15, 0.2) is 0 Å². The summed E-state index contributed by atoms with van der Waals surface area (Å²) < 4.78 is 0. The Balaban J connectivity index is 2.74. The molecule has 0 saturated carbocycles. The van der Waals surface area contributed by atoms with E-state index in [0.29, 0.717) is 12.0 Å². The van der Waals surface area contributed by atoms with Crippen molar-refractivity contribution in [1.82, 2.24) is 0 Å². The molecule has 20 heavy (non-hydrogen) atoms. The number of phenolic OH excluding ortho intramolecular Hbond substituents is 2. The van der Waals surface area contributed by atoms with E-state index < -0.39 is 0 Å². The topological polar surface area (TPSA) is 40.5 Å². The van der Waals surface area contributed by atoms with Crippen LogP contribution >= 0.6 is 0 Å². The molecule has 0 fully saturated rings. The number of hydrogen-bond donors (Lipinski definition) is 2. The highest BCUT2D eigenvalue weighted by Crippen LogP contribution is 2.40. The Bertz CT molecular complexity index is 615. The molecule has 2 nitrogen and oxygen atoms in total. The molecule has 0 aliphatic carbocycles. The lowest BCUT2D eigenvalue weighted by Gasteiger charge is -2.17. The highest BCUT2D eigenvalue weighted by molar-refractivity contribution is 5.76. The van der Waals surface area contributed by atoms with Crippen molar-refractivity contribution in [2.75, 3.05) is 0 Å². The molecule has 2 heteroatoms. The lowest BCUT2D eigenvalue weighted by atomic mass is 9.90. The summed E-state index contributed by atoms with van der Waals surface area (Å²) in [5, 5.41) is 20.6. The Morgan fingerprint density at radius 3 is 2.05 bits per heavy atom. The van der Waals surface area contributed by atoms with Crippen molar-refractivity contribution in [1.29, 1.82) is 0 Å². The van der Waals surface area contributed by atoms with E-state index in [2.05, 4.69) is 19.1 Å². The summed E-state index contributed by atoms with van der Waals surface area (Å²) in [5.41, 5.74) is 4.82. The molecule has 0 heterocycles. The molecule has 0 radical (unpaired) electrons. The number of aromatic hydroxyl groups is 2. The molecule has 0 aromatic heterocycles. The monoisotopic (exact) mass is 270 g/mol. The minimum atomic E-state index is 0.183. The van der Waals surface area contributed by atoms with E-state index >= 15 is 0 Å². The smallest absolute Gasteiger partial charge is 0.126 e. The predicted octanol–water partition coefficient (Wildman–Crippen LogP) is 4.45. The SMILES string of the molecule is CCc1ccccc1-c1cc(O)c(CC)c(O)c1CC. The van der Waals surface area contributed by atoms with Gasteiger partial charge in [0.2, 0.25) is 0 Å². The Morgan fingerprint density at radius 2 is 1.45 bits per heavy atom. The molecule has 0 saturated heterocycles. The minimum absolute atomic E-state index is 0.183. The third-order valence-electron chi connectivity index (χ3n) is 3.88. The Kier molecular flexibility index (Phi) is 4.33. The van der Waals surface area contributed by atoms with E-state index in [1.165, 1.54) is 5.56 Å². The number of rotatable bonds is 4. The number of phenols is 2. The highest BCUT2D eigenvalue weighted by atomic mass is 16.3. The minimum Gasteiger partial charge on any atom is -0.508 e. The molecule has 0 spiro atoms. The maximum Gasteiger partial charge on any atom is 0.126 e. The summed E-state index contributed by atoms with van der Waals surface area (Å²) in [4.78, 5) is 0. The fourth-order valence-corrected chi connectivity index (χ4v) is 2.78. The second kappa shape index (κ2) is 6.00. The van der Waals surface area contributed by atoms with Crippen molar-refractivity contribution in [3.05, 3.63) is 47.0 Å². The van der Waals surface area contributed by atoms with Gasteiger partial charge in [-0.1, -0.05) is 45.0 Å². The van der Waals surface area contributed by atoms with Gasteiger partial charge in [0.1, 0.15) is 11.5 Å². The van der Waals surface area contributed by atoms with Crippen molar-refractivity contribution in [3.8, 4) is 22.6 Å². The van der Waals surface area contributed by atoms with Gasteiger partial charge in [-0.05, 0) is 42.0 Å². The highest BCUT2D eigenvalue weighted by Gasteiger charge is 2.17. The Labute approximate surface area is 120 Å². The lowest BCUT2D eigenvalue weighted by Crippen LogP contribution is -1.96. The number of aryl methyl sites for hydroxylation is 1. The molecule has 0 atom stereocenters. The molecule has 106 valence electrons. The van der Waals surface area contributed by atoms with Gasteiger partial charge in [0.05, 0.1) is 0 Å². The van der Waals surface area contributed by atoms with Gasteiger partial charge < -0.3 is 10.2 Å². The quantitative estimate of drug-likeness (QED) is 0.861. The molecule has 0 aliphatic rings. The third-order valence-corrected chi connectivity index (χ3v) is 3.88. The Morgan fingerprint density at radius 1 is 0.800 bits per heavy atom. The van der Waals surface area contributed by atoms with Crippen LogP contribution in [0.3, 0.4) is 0 Å². The maximum absolute atomic E-state index is 10.4. The van der Waals surface area contributed by atoms with Crippen molar-refractivity contribution < 1.29 is 10.2 Å². The second-order valence-corrected chi connectivity index (χ2v) is 4.97. The molecule has 2 N–H and O–H groups in total. The van der Waals surface area contributed by atoms with E-state index in [9.17, 15) is 10.2 Å². The van der Waals surface area contributed by atoms with Crippen LogP contribution in [-0.2, 0) is 19.3 Å². The van der Waals surface area contributed by atoms with Gasteiger partial charge in [-0.2, -0.15) is 0 Å². The first-order valence-electron chi connectivity index (χ1n) is 7.28. The fraction of sp³-hybridized carbons (Fsp3) is 0.333. The average Bonchev–Trinajstić information content (AvgIpc) is 2.47. The molecule has 2 rings (SSSR count). The van der Waals surface area contributed by atoms with Crippen LogP contribution in [-0.4, -0.2) is 10.2 Å². The zero-order chi connectivity index (χ0) is 14.7. The second-order valence-electron chi connectivity index (χ2n) is 4.97. The zero-order valence-corrected chi connectivity index (χ0v) is 12.4. The van der Waals surface area contributed by atoms with Crippen LogP contribution in [0.1, 0.15) is 37.5 Å². The van der Waals surface area contributed by atoms with Gasteiger partial charge in [0.25, 0.3) is 0 Å². The van der Waals surface area contributed by atoms with E-state index in [0.717, 1.165) is 29.5 Å². The van der Waals surface area contributed by atoms with Gasteiger partial charge in [-0.25, -0.2) is 0 Å². The van der Waals surface area contributed by atoms with Crippen molar-refractivity contribution in [2.24, 2.45) is 0 Å². The fourth-order valence-electron chi connectivity index (χ4n) is 2.78. The molecular formula is C18H22O2. The third kappa shape index (κ3) is 2.38. The summed E-state index contributed by atoms with van der Waals surface area (Å²) in [6, 6.07) is 9.96.